The number of hydrogen-bond acceptors (Lipinski definition) is 4. The van der Waals surface area contributed by atoms with Gasteiger partial charge in [0.25, 0.3) is 5.91 Å². The zero-order valence-corrected chi connectivity index (χ0v) is 18.8. The largest absolute Gasteiger partial charge is 0.390 e. The van der Waals surface area contributed by atoms with Crippen LogP contribution >= 0.6 is 0 Å². The maximum atomic E-state index is 13.3. The lowest BCUT2D eigenvalue weighted by Gasteiger charge is -2.46. The van der Waals surface area contributed by atoms with Crippen molar-refractivity contribution in [2.24, 2.45) is 0 Å². The van der Waals surface area contributed by atoms with Crippen LogP contribution in [0, 0.1) is 0 Å². The molecule has 0 aliphatic carbocycles. The number of hydrogen-bond donors (Lipinski definition) is 2. The first-order valence-corrected chi connectivity index (χ1v) is 11.7. The molecule has 7 heteroatoms. The minimum Gasteiger partial charge on any atom is -0.390 e. The molecule has 0 saturated carbocycles. The van der Waals surface area contributed by atoms with E-state index in [1.807, 2.05) is 31.2 Å². The Morgan fingerprint density at radius 2 is 1.76 bits per heavy atom. The van der Waals surface area contributed by atoms with E-state index in [2.05, 4.69) is 38.7 Å². The molecule has 8 rings (SSSR count). The van der Waals surface area contributed by atoms with Crippen molar-refractivity contribution in [3.05, 3.63) is 59.7 Å². The second-order valence-electron chi connectivity index (χ2n) is 9.81. The summed E-state index contributed by atoms with van der Waals surface area (Å²) in [5.41, 5.74) is 4.83. The summed E-state index contributed by atoms with van der Waals surface area (Å²) in [6.45, 7) is 2.50. The first-order valence-electron chi connectivity index (χ1n) is 11.7. The molecule has 1 saturated heterocycles. The van der Waals surface area contributed by atoms with Gasteiger partial charge in [0, 0.05) is 41.6 Å². The van der Waals surface area contributed by atoms with Crippen molar-refractivity contribution in [3.8, 4) is 0 Å². The number of para-hydroxylation sites is 2. The lowest BCUT2D eigenvalue weighted by Crippen LogP contribution is -2.56. The van der Waals surface area contributed by atoms with Gasteiger partial charge >= 0.3 is 0 Å². The van der Waals surface area contributed by atoms with Crippen molar-refractivity contribution in [2.45, 2.75) is 44.1 Å². The van der Waals surface area contributed by atoms with Gasteiger partial charge in [-0.25, -0.2) is 0 Å². The van der Waals surface area contributed by atoms with Gasteiger partial charge in [-0.15, -0.1) is 0 Å². The third-order valence-electron chi connectivity index (χ3n) is 8.20. The Kier molecular flexibility index (Phi) is 3.34. The molecule has 1 amide bonds. The highest BCUT2D eigenvalue weighted by molar-refractivity contribution is 6.31. The van der Waals surface area contributed by atoms with E-state index in [4.69, 9.17) is 9.47 Å². The van der Waals surface area contributed by atoms with Gasteiger partial charge in [-0.2, -0.15) is 0 Å². The van der Waals surface area contributed by atoms with Gasteiger partial charge in [0.05, 0.1) is 33.7 Å². The van der Waals surface area contributed by atoms with Crippen LogP contribution in [0.5, 0.6) is 0 Å². The van der Waals surface area contributed by atoms with Crippen molar-refractivity contribution >= 4 is 49.5 Å². The molecule has 2 N–H and O–H groups in total. The van der Waals surface area contributed by atoms with E-state index in [0.717, 1.165) is 54.7 Å². The molecule has 4 atom stereocenters. The van der Waals surface area contributed by atoms with Crippen LogP contribution in [0.25, 0.3) is 43.6 Å². The molecular formula is C27H23N3O4. The topological polar surface area (TPSA) is 77.7 Å². The molecule has 5 aromatic rings. The number of fused-ring (bicyclic) bond motifs is 13. The van der Waals surface area contributed by atoms with Gasteiger partial charge < -0.3 is 29.0 Å². The van der Waals surface area contributed by atoms with Crippen LogP contribution < -0.4 is 5.32 Å². The molecule has 34 heavy (non-hydrogen) atoms. The van der Waals surface area contributed by atoms with Crippen molar-refractivity contribution in [1.29, 1.82) is 0 Å². The summed E-state index contributed by atoms with van der Waals surface area (Å²) in [6.07, 6.45) is -1.25. The van der Waals surface area contributed by atoms with Gasteiger partial charge in [-0.05, 0) is 24.6 Å². The number of ether oxygens (including phenoxy) is 2. The SMILES string of the molecule is COC1C(O)CC2OC1(C)n1c3ccccc3c3c4c(c5c6ccccc6n2c5c31)CNC4=O. The van der Waals surface area contributed by atoms with Gasteiger partial charge in [0.1, 0.15) is 12.3 Å². The van der Waals surface area contributed by atoms with Crippen LogP contribution in [0.4, 0.5) is 0 Å². The van der Waals surface area contributed by atoms with Crippen LogP contribution in [-0.4, -0.2) is 39.5 Å². The second-order valence-corrected chi connectivity index (χ2v) is 9.81. The van der Waals surface area contributed by atoms with Crippen LogP contribution in [0.15, 0.2) is 48.5 Å². The summed E-state index contributed by atoms with van der Waals surface area (Å²) in [7, 11) is 1.62. The molecule has 4 unspecified atom stereocenters. The molecule has 170 valence electrons. The molecule has 3 aromatic carbocycles. The predicted octanol–water partition coefficient (Wildman–Crippen LogP) is 4.13. The highest BCUT2D eigenvalue weighted by atomic mass is 16.6. The summed E-state index contributed by atoms with van der Waals surface area (Å²) in [5, 5.41) is 18.5. The number of benzene rings is 3. The fourth-order valence-electron chi connectivity index (χ4n) is 7.03. The smallest absolute Gasteiger partial charge is 0.252 e. The maximum absolute atomic E-state index is 13.3. The second kappa shape index (κ2) is 5.99. The highest BCUT2D eigenvalue weighted by Gasteiger charge is 2.53. The fraction of sp³-hybridized carbons (Fsp3) is 0.296. The number of amides is 1. The monoisotopic (exact) mass is 453 g/mol. The number of carbonyl (C=O) groups is 1. The molecule has 5 heterocycles. The molecule has 0 spiro atoms. The number of carbonyl (C=O) groups excluding carboxylic acids is 1. The molecule has 2 aromatic heterocycles. The van der Waals surface area contributed by atoms with E-state index in [9.17, 15) is 9.90 Å². The number of aliphatic hydroxyl groups excluding tert-OH is 1. The van der Waals surface area contributed by atoms with E-state index in [-0.39, 0.29) is 12.1 Å². The molecular weight excluding hydrogens is 430 g/mol. The first-order chi connectivity index (χ1) is 16.5. The van der Waals surface area contributed by atoms with Crippen molar-refractivity contribution in [1.82, 2.24) is 14.5 Å². The van der Waals surface area contributed by atoms with Gasteiger partial charge in [-0.3, -0.25) is 4.79 Å². The first kappa shape index (κ1) is 19.0. The lowest BCUT2D eigenvalue weighted by atomic mass is 9.95. The van der Waals surface area contributed by atoms with Crippen molar-refractivity contribution in [2.75, 3.05) is 7.11 Å². The number of aliphatic hydroxyl groups is 1. The molecule has 3 aliphatic heterocycles. The quantitative estimate of drug-likeness (QED) is 0.400. The third-order valence-corrected chi connectivity index (χ3v) is 8.20. The third kappa shape index (κ3) is 1.92. The van der Waals surface area contributed by atoms with Crippen molar-refractivity contribution in [3.63, 3.8) is 0 Å². The Morgan fingerprint density at radius 3 is 2.53 bits per heavy atom. The number of methoxy groups -OCH3 is 1. The Labute approximate surface area is 194 Å². The van der Waals surface area contributed by atoms with E-state index in [1.165, 1.54) is 0 Å². The average Bonchev–Trinajstić information content (AvgIpc) is 3.46. The zero-order valence-electron chi connectivity index (χ0n) is 18.8. The summed E-state index contributed by atoms with van der Waals surface area (Å²) in [4.78, 5) is 13.3. The normalized spacial score (nSPS) is 27.7. The van der Waals surface area contributed by atoms with Gasteiger partial charge in [0.2, 0.25) is 0 Å². The van der Waals surface area contributed by atoms with Gasteiger partial charge in [0.15, 0.2) is 5.72 Å². The molecule has 7 nitrogen and oxygen atoms in total. The average molecular weight is 453 g/mol. The molecule has 2 bridgehead atoms. The van der Waals surface area contributed by atoms with Crippen LogP contribution in [0.3, 0.4) is 0 Å². The van der Waals surface area contributed by atoms with Crippen LogP contribution in [-0.2, 0) is 21.7 Å². The number of aromatic nitrogens is 2. The molecule has 1 fully saturated rings. The van der Waals surface area contributed by atoms with E-state index in [1.54, 1.807) is 7.11 Å². The summed E-state index contributed by atoms with van der Waals surface area (Å²) < 4.78 is 17.2. The number of nitrogens with one attached hydrogen (secondary N) is 1. The Balaban J connectivity index is 1.75. The van der Waals surface area contributed by atoms with Gasteiger partial charge in [-0.1, -0.05) is 36.4 Å². The Hall–Kier alpha value is -3.39. The highest BCUT2D eigenvalue weighted by Crippen LogP contribution is 2.53. The molecule has 3 aliphatic rings. The predicted molar refractivity (Wildman–Crippen MR) is 129 cm³/mol. The van der Waals surface area contributed by atoms with Crippen LogP contribution in [0.1, 0.15) is 35.5 Å². The number of rotatable bonds is 1. The number of nitrogens with zero attached hydrogens (tertiary/aromatic N) is 2. The minimum atomic E-state index is -0.977. The zero-order chi connectivity index (χ0) is 22.9. The molecule has 0 radical (unpaired) electrons. The lowest BCUT2D eigenvalue weighted by molar-refractivity contribution is -0.278. The van der Waals surface area contributed by atoms with E-state index >= 15 is 0 Å². The summed E-state index contributed by atoms with van der Waals surface area (Å²) >= 11 is 0. The van der Waals surface area contributed by atoms with E-state index < -0.39 is 17.9 Å². The maximum Gasteiger partial charge on any atom is 0.252 e. The fourth-order valence-corrected chi connectivity index (χ4v) is 7.03. The minimum absolute atomic E-state index is 0.0433. The Bertz CT molecular complexity index is 1730. The van der Waals surface area contributed by atoms with Crippen LogP contribution in [0.2, 0.25) is 0 Å². The summed E-state index contributed by atoms with van der Waals surface area (Å²) in [5.74, 6) is -0.0433. The standard InChI is InChI=1S/C27H23N3O4/c1-27-25(33-2)18(31)11-19(34-27)29-16-9-5-3-7-13(16)20-15-12-28-26(32)22(15)21-14-8-4-6-10-17(14)30(27)24(21)23(20)29/h3-10,18-19,25,31H,11-12H2,1-2H3,(H,28,32). The van der Waals surface area contributed by atoms with Crippen molar-refractivity contribution < 1.29 is 19.4 Å². The Morgan fingerprint density at radius 1 is 1.06 bits per heavy atom. The van der Waals surface area contributed by atoms with E-state index in [0.29, 0.717) is 13.0 Å². The summed E-state index contributed by atoms with van der Waals surface area (Å²) in [6, 6.07) is 16.4.